The Kier molecular flexibility index (Phi) is 4.65. The van der Waals surface area contributed by atoms with E-state index in [0.29, 0.717) is 0 Å². The van der Waals surface area contributed by atoms with E-state index >= 15 is 0 Å². The summed E-state index contributed by atoms with van der Waals surface area (Å²) in [6.07, 6.45) is 4.06. The van der Waals surface area contributed by atoms with E-state index in [2.05, 4.69) is 53.3 Å². The Balaban J connectivity index is 1.56. The quantitative estimate of drug-likeness (QED) is 0.726. The van der Waals surface area contributed by atoms with Crippen molar-refractivity contribution in [1.82, 2.24) is 9.78 Å². The highest BCUT2D eigenvalue weighted by atomic mass is 16.5. The summed E-state index contributed by atoms with van der Waals surface area (Å²) in [4.78, 5) is 0. The molecule has 0 saturated heterocycles. The Hall–Kier alpha value is -2.75. The molecule has 4 rings (SSSR count). The maximum atomic E-state index is 5.24. The molecule has 1 aliphatic rings. The van der Waals surface area contributed by atoms with Crippen molar-refractivity contribution in [2.45, 2.75) is 32.6 Å². The van der Waals surface area contributed by atoms with Gasteiger partial charge in [-0.25, -0.2) is 4.68 Å². The summed E-state index contributed by atoms with van der Waals surface area (Å²) in [5, 5.41) is 8.45. The maximum absolute atomic E-state index is 5.24. The summed E-state index contributed by atoms with van der Waals surface area (Å²) in [6, 6.07) is 17.0. The summed E-state index contributed by atoms with van der Waals surface area (Å²) < 4.78 is 7.31. The lowest BCUT2D eigenvalue weighted by molar-refractivity contribution is 0.414. The van der Waals surface area contributed by atoms with Gasteiger partial charge in [-0.05, 0) is 61.1 Å². The first-order valence-corrected chi connectivity index (χ1v) is 9.35. The van der Waals surface area contributed by atoms with E-state index in [0.717, 1.165) is 43.7 Å². The summed E-state index contributed by atoms with van der Waals surface area (Å²) in [5.41, 5.74) is 6.37. The molecule has 2 aromatic carbocycles. The van der Waals surface area contributed by atoms with Crippen LogP contribution in [0.5, 0.6) is 5.75 Å². The fourth-order valence-electron chi connectivity index (χ4n) is 3.56. The highest BCUT2D eigenvalue weighted by Gasteiger charge is 2.22. The Bertz CT molecular complexity index is 879. The number of hydrogen-bond acceptors (Lipinski definition) is 3. The average molecular weight is 347 g/mol. The van der Waals surface area contributed by atoms with Gasteiger partial charge in [0.05, 0.1) is 18.5 Å². The van der Waals surface area contributed by atoms with Gasteiger partial charge in [0.25, 0.3) is 0 Å². The molecule has 1 aromatic heterocycles. The average Bonchev–Trinajstić information content (AvgIpc) is 3.30. The molecule has 4 nitrogen and oxygen atoms in total. The van der Waals surface area contributed by atoms with Crippen LogP contribution in [0.1, 0.15) is 29.3 Å². The summed E-state index contributed by atoms with van der Waals surface area (Å²) in [7, 11) is 1.70. The monoisotopic (exact) mass is 347 g/mol. The second-order valence-electron chi connectivity index (χ2n) is 6.73. The molecule has 0 fully saturated rings. The van der Waals surface area contributed by atoms with Crippen molar-refractivity contribution in [3.63, 3.8) is 0 Å². The van der Waals surface area contributed by atoms with Crippen molar-refractivity contribution in [1.29, 1.82) is 0 Å². The van der Waals surface area contributed by atoms with Crippen LogP contribution in [0, 0.1) is 0 Å². The summed E-state index contributed by atoms with van der Waals surface area (Å²) in [6.45, 7) is 3.18. The van der Waals surface area contributed by atoms with Gasteiger partial charge in [0.15, 0.2) is 0 Å². The minimum atomic E-state index is 0.902. The maximum Gasteiger partial charge on any atom is 0.133 e. The van der Waals surface area contributed by atoms with Crippen LogP contribution in [0.15, 0.2) is 48.5 Å². The Morgan fingerprint density at radius 1 is 1.00 bits per heavy atom. The molecular formula is C22H25N3O. The number of rotatable bonds is 6. The lowest BCUT2D eigenvalue weighted by Crippen LogP contribution is -2.05. The highest BCUT2D eigenvalue weighted by molar-refractivity contribution is 5.57. The molecule has 0 bridgehead atoms. The SMILES string of the molecule is CCc1ccc(-n2nc(CCc3ccc(OC)cc3)c3c2NCC3)cc1. The molecule has 0 aliphatic carbocycles. The number of benzene rings is 2. The molecule has 0 radical (unpaired) electrons. The summed E-state index contributed by atoms with van der Waals surface area (Å²) in [5.74, 6) is 2.07. The third kappa shape index (κ3) is 3.19. The van der Waals surface area contributed by atoms with Crippen LogP contribution in [0.3, 0.4) is 0 Å². The van der Waals surface area contributed by atoms with E-state index in [4.69, 9.17) is 9.84 Å². The molecular weight excluding hydrogens is 322 g/mol. The minimum absolute atomic E-state index is 0.902. The number of methoxy groups -OCH3 is 1. The first-order chi connectivity index (χ1) is 12.8. The first-order valence-electron chi connectivity index (χ1n) is 9.35. The molecule has 1 N–H and O–H groups in total. The molecule has 3 aromatic rings. The van der Waals surface area contributed by atoms with Crippen molar-refractivity contribution in [3.05, 3.63) is 70.9 Å². The second-order valence-corrected chi connectivity index (χ2v) is 6.73. The number of hydrogen-bond donors (Lipinski definition) is 1. The van der Waals surface area contributed by atoms with Gasteiger partial charge < -0.3 is 10.1 Å². The van der Waals surface area contributed by atoms with Crippen molar-refractivity contribution in [2.24, 2.45) is 0 Å². The van der Waals surface area contributed by atoms with Gasteiger partial charge in [0.1, 0.15) is 11.6 Å². The van der Waals surface area contributed by atoms with Crippen LogP contribution in [-0.2, 0) is 25.7 Å². The van der Waals surface area contributed by atoms with E-state index in [1.807, 2.05) is 12.1 Å². The number of ether oxygens (including phenoxy) is 1. The van der Waals surface area contributed by atoms with Gasteiger partial charge in [0.2, 0.25) is 0 Å². The van der Waals surface area contributed by atoms with Gasteiger partial charge in [-0.15, -0.1) is 0 Å². The topological polar surface area (TPSA) is 39.1 Å². The second kappa shape index (κ2) is 7.24. The van der Waals surface area contributed by atoms with E-state index in [1.165, 1.54) is 28.2 Å². The van der Waals surface area contributed by atoms with Crippen molar-refractivity contribution < 1.29 is 4.74 Å². The van der Waals surface area contributed by atoms with Crippen LogP contribution in [0.25, 0.3) is 5.69 Å². The van der Waals surface area contributed by atoms with Crippen LogP contribution in [0.4, 0.5) is 5.82 Å². The zero-order valence-corrected chi connectivity index (χ0v) is 15.5. The molecule has 2 heterocycles. The van der Waals surface area contributed by atoms with Crippen LogP contribution >= 0.6 is 0 Å². The van der Waals surface area contributed by atoms with E-state index in [9.17, 15) is 0 Å². The Morgan fingerprint density at radius 2 is 1.73 bits per heavy atom. The lowest BCUT2D eigenvalue weighted by atomic mass is 10.1. The molecule has 0 amide bonds. The van der Waals surface area contributed by atoms with Gasteiger partial charge in [-0.3, -0.25) is 0 Å². The number of anilines is 1. The zero-order valence-electron chi connectivity index (χ0n) is 15.5. The molecule has 0 unspecified atom stereocenters. The smallest absolute Gasteiger partial charge is 0.133 e. The van der Waals surface area contributed by atoms with Crippen LogP contribution in [0.2, 0.25) is 0 Å². The number of aryl methyl sites for hydroxylation is 3. The number of nitrogens with zero attached hydrogens (tertiary/aromatic N) is 2. The zero-order chi connectivity index (χ0) is 17.9. The first kappa shape index (κ1) is 16.7. The van der Waals surface area contributed by atoms with E-state index < -0.39 is 0 Å². The number of nitrogens with one attached hydrogen (secondary N) is 1. The third-order valence-electron chi connectivity index (χ3n) is 5.13. The lowest BCUT2D eigenvalue weighted by Gasteiger charge is -2.07. The molecule has 0 spiro atoms. The largest absolute Gasteiger partial charge is 0.497 e. The standard InChI is InChI=1S/C22H25N3O/c1-3-16-4-9-18(10-5-16)25-22-20(14-15-23-22)21(24-25)13-8-17-6-11-19(26-2)12-7-17/h4-7,9-12,23H,3,8,13-15H2,1-2H3. The van der Waals surface area contributed by atoms with Crippen molar-refractivity contribution in [2.75, 3.05) is 19.0 Å². The predicted octanol–water partition coefficient (Wildman–Crippen LogP) is 4.20. The van der Waals surface area contributed by atoms with Crippen LogP contribution in [-0.4, -0.2) is 23.4 Å². The molecule has 0 atom stereocenters. The van der Waals surface area contributed by atoms with E-state index in [1.54, 1.807) is 7.11 Å². The molecule has 1 aliphatic heterocycles. The number of fused-ring (bicyclic) bond motifs is 1. The van der Waals surface area contributed by atoms with Gasteiger partial charge in [-0.1, -0.05) is 31.2 Å². The van der Waals surface area contributed by atoms with E-state index in [-0.39, 0.29) is 0 Å². The summed E-state index contributed by atoms with van der Waals surface area (Å²) >= 11 is 0. The molecule has 4 heteroatoms. The Morgan fingerprint density at radius 3 is 2.42 bits per heavy atom. The third-order valence-corrected chi connectivity index (χ3v) is 5.13. The van der Waals surface area contributed by atoms with Crippen LogP contribution < -0.4 is 10.1 Å². The van der Waals surface area contributed by atoms with Gasteiger partial charge >= 0.3 is 0 Å². The number of aromatic nitrogens is 2. The molecule has 0 saturated carbocycles. The minimum Gasteiger partial charge on any atom is -0.497 e. The molecule has 26 heavy (non-hydrogen) atoms. The van der Waals surface area contributed by atoms with Crippen molar-refractivity contribution >= 4 is 5.82 Å². The fraction of sp³-hybridized carbons (Fsp3) is 0.318. The fourth-order valence-corrected chi connectivity index (χ4v) is 3.56. The Labute approximate surface area is 154 Å². The predicted molar refractivity (Wildman–Crippen MR) is 106 cm³/mol. The van der Waals surface area contributed by atoms with Gasteiger partial charge in [0, 0.05) is 12.1 Å². The highest BCUT2D eigenvalue weighted by Crippen LogP contribution is 2.29. The normalized spacial score (nSPS) is 12.7. The van der Waals surface area contributed by atoms with Crippen molar-refractivity contribution in [3.8, 4) is 11.4 Å². The molecule has 134 valence electrons. The van der Waals surface area contributed by atoms with Gasteiger partial charge in [-0.2, -0.15) is 5.10 Å².